The second-order valence-electron chi connectivity index (χ2n) is 6.97. The van der Waals surface area contributed by atoms with E-state index in [0.717, 1.165) is 24.8 Å². The number of carbonyl (C=O) groups is 1. The number of carbonyl (C=O) groups excluding carboxylic acids is 1. The highest BCUT2D eigenvalue weighted by molar-refractivity contribution is 7.20. The van der Waals surface area contributed by atoms with Crippen molar-refractivity contribution in [2.45, 2.75) is 45.6 Å². The number of aromatic nitrogens is 2. The average Bonchev–Trinajstić information content (AvgIpc) is 3.03. The number of hydrogen-bond acceptors (Lipinski definition) is 4. The van der Waals surface area contributed by atoms with Crippen LogP contribution in [0.3, 0.4) is 0 Å². The van der Waals surface area contributed by atoms with Gasteiger partial charge in [-0.05, 0) is 43.4 Å². The zero-order chi connectivity index (χ0) is 17.6. The van der Waals surface area contributed by atoms with Crippen molar-refractivity contribution < 1.29 is 4.79 Å². The fourth-order valence-electron chi connectivity index (χ4n) is 3.64. The van der Waals surface area contributed by atoms with Gasteiger partial charge in [-0.1, -0.05) is 25.8 Å². The summed E-state index contributed by atoms with van der Waals surface area (Å²) in [7, 11) is 0. The summed E-state index contributed by atoms with van der Waals surface area (Å²) in [5.41, 5.74) is 1.47. The zero-order valence-electron chi connectivity index (χ0n) is 14.4. The molecular formula is C19H21N3O2S. The topological polar surface area (TPSA) is 63.5 Å². The number of rotatable bonds is 2. The third-order valence-corrected chi connectivity index (χ3v) is 6.21. The van der Waals surface area contributed by atoms with Gasteiger partial charge in [-0.3, -0.25) is 14.0 Å². The molecule has 0 aromatic carbocycles. The minimum atomic E-state index is -0.120. The van der Waals surface area contributed by atoms with Crippen molar-refractivity contribution in [3.63, 3.8) is 0 Å². The summed E-state index contributed by atoms with van der Waals surface area (Å²) in [5, 5.41) is 3.66. The molecule has 1 N–H and O–H groups in total. The van der Waals surface area contributed by atoms with Crippen LogP contribution in [0.1, 0.15) is 47.8 Å². The van der Waals surface area contributed by atoms with E-state index in [0.29, 0.717) is 26.7 Å². The summed E-state index contributed by atoms with van der Waals surface area (Å²) < 4.78 is 1.55. The number of nitrogens with zero attached hydrogens (tertiary/aromatic N) is 2. The van der Waals surface area contributed by atoms with E-state index in [1.807, 2.05) is 19.1 Å². The van der Waals surface area contributed by atoms with E-state index in [9.17, 15) is 9.59 Å². The normalized spacial score (nSPS) is 20.9. The molecule has 25 heavy (non-hydrogen) atoms. The van der Waals surface area contributed by atoms with Crippen LogP contribution in [0, 0.1) is 12.8 Å². The number of pyridine rings is 1. The van der Waals surface area contributed by atoms with Crippen LogP contribution < -0.4 is 10.9 Å². The van der Waals surface area contributed by atoms with Crippen molar-refractivity contribution in [3.8, 4) is 0 Å². The molecule has 6 heteroatoms. The van der Waals surface area contributed by atoms with Crippen molar-refractivity contribution in [1.82, 2.24) is 14.7 Å². The minimum absolute atomic E-state index is 0.0908. The SMILES string of the molecule is Cc1cccn2c(=O)c3cc(C(=O)N[C@@H]4CCCC[C@H]4C)sc3nc12. The molecule has 3 heterocycles. The van der Waals surface area contributed by atoms with E-state index in [-0.39, 0.29) is 17.5 Å². The Labute approximate surface area is 149 Å². The quantitative estimate of drug-likeness (QED) is 0.765. The van der Waals surface area contributed by atoms with Gasteiger partial charge in [0, 0.05) is 12.2 Å². The van der Waals surface area contributed by atoms with E-state index in [2.05, 4.69) is 17.2 Å². The molecule has 1 aliphatic rings. The molecule has 0 aliphatic heterocycles. The second-order valence-corrected chi connectivity index (χ2v) is 8.00. The molecule has 5 nitrogen and oxygen atoms in total. The van der Waals surface area contributed by atoms with Crippen molar-refractivity contribution in [3.05, 3.63) is 45.2 Å². The molecule has 1 fully saturated rings. The molecule has 1 saturated carbocycles. The molecule has 0 bridgehead atoms. The smallest absolute Gasteiger partial charge is 0.266 e. The summed E-state index contributed by atoms with van der Waals surface area (Å²) >= 11 is 1.30. The van der Waals surface area contributed by atoms with Gasteiger partial charge < -0.3 is 5.32 Å². The molecule has 1 aliphatic carbocycles. The third kappa shape index (κ3) is 2.84. The zero-order valence-corrected chi connectivity index (χ0v) is 15.2. The van der Waals surface area contributed by atoms with E-state index < -0.39 is 0 Å². The van der Waals surface area contributed by atoms with Gasteiger partial charge in [0.15, 0.2) is 0 Å². The predicted octanol–water partition coefficient (Wildman–Crippen LogP) is 3.53. The average molecular weight is 355 g/mol. The Balaban J connectivity index is 1.72. The molecular weight excluding hydrogens is 334 g/mol. The summed E-state index contributed by atoms with van der Waals surface area (Å²) in [4.78, 5) is 31.2. The van der Waals surface area contributed by atoms with E-state index in [4.69, 9.17) is 0 Å². The van der Waals surface area contributed by atoms with Gasteiger partial charge in [0.25, 0.3) is 11.5 Å². The summed E-state index contributed by atoms with van der Waals surface area (Å²) in [6.07, 6.45) is 6.31. The number of nitrogens with one attached hydrogen (secondary N) is 1. The lowest BCUT2D eigenvalue weighted by molar-refractivity contribution is 0.0914. The van der Waals surface area contributed by atoms with Crippen molar-refractivity contribution in [1.29, 1.82) is 0 Å². The van der Waals surface area contributed by atoms with Gasteiger partial charge in [-0.25, -0.2) is 4.98 Å². The lowest BCUT2D eigenvalue weighted by Crippen LogP contribution is -2.40. The molecule has 4 rings (SSSR count). The maximum absolute atomic E-state index is 12.7. The van der Waals surface area contributed by atoms with Crippen LogP contribution in [0.5, 0.6) is 0 Å². The number of fused-ring (bicyclic) bond motifs is 2. The summed E-state index contributed by atoms with van der Waals surface area (Å²) in [6.45, 7) is 4.12. The Kier molecular flexibility index (Phi) is 4.07. The van der Waals surface area contributed by atoms with Gasteiger partial charge in [-0.15, -0.1) is 11.3 Å². The minimum Gasteiger partial charge on any atom is -0.348 e. The van der Waals surface area contributed by atoms with Crippen molar-refractivity contribution in [2.24, 2.45) is 5.92 Å². The highest BCUT2D eigenvalue weighted by Crippen LogP contribution is 2.26. The van der Waals surface area contributed by atoms with Crippen LogP contribution in [0.4, 0.5) is 0 Å². The molecule has 130 valence electrons. The standard InChI is InChI=1S/C19H21N3O2S/c1-11-6-3-4-8-14(11)20-17(23)15-10-13-18(25-15)21-16-12(2)7-5-9-22(16)19(13)24/h5,7,9-11,14H,3-4,6,8H2,1-2H3,(H,20,23)/t11-,14-/m1/s1. The first-order chi connectivity index (χ1) is 12.0. The van der Waals surface area contributed by atoms with Crippen LogP contribution in [-0.4, -0.2) is 21.3 Å². The molecule has 1 amide bonds. The maximum Gasteiger partial charge on any atom is 0.266 e. The van der Waals surface area contributed by atoms with E-state index >= 15 is 0 Å². The van der Waals surface area contributed by atoms with Crippen LogP contribution >= 0.6 is 11.3 Å². The molecule has 2 atom stereocenters. The van der Waals surface area contributed by atoms with Crippen LogP contribution in [-0.2, 0) is 0 Å². The lowest BCUT2D eigenvalue weighted by atomic mass is 9.86. The van der Waals surface area contributed by atoms with Crippen LogP contribution in [0.25, 0.3) is 15.9 Å². The molecule has 0 saturated heterocycles. The number of thiophene rings is 1. The number of hydrogen-bond donors (Lipinski definition) is 1. The van der Waals surface area contributed by atoms with Gasteiger partial charge in [0.1, 0.15) is 10.5 Å². The highest BCUT2D eigenvalue weighted by Gasteiger charge is 2.24. The first-order valence-corrected chi connectivity index (χ1v) is 9.58. The van der Waals surface area contributed by atoms with Crippen molar-refractivity contribution >= 4 is 33.1 Å². The molecule has 0 unspecified atom stereocenters. The first-order valence-electron chi connectivity index (χ1n) is 8.77. The van der Waals surface area contributed by atoms with Crippen molar-refractivity contribution in [2.75, 3.05) is 0 Å². The van der Waals surface area contributed by atoms with Gasteiger partial charge in [-0.2, -0.15) is 0 Å². The largest absolute Gasteiger partial charge is 0.348 e. The third-order valence-electron chi connectivity index (χ3n) is 5.18. The Morgan fingerprint density at radius 2 is 2.16 bits per heavy atom. The van der Waals surface area contributed by atoms with Crippen LogP contribution in [0.2, 0.25) is 0 Å². The second kappa shape index (κ2) is 6.26. The van der Waals surface area contributed by atoms with Crippen LogP contribution in [0.15, 0.2) is 29.2 Å². The first kappa shape index (κ1) is 16.3. The van der Waals surface area contributed by atoms with Gasteiger partial charge >= 0.3 is 0 Å². The molecule has 3 aromatic rings. The maximum atomic E-state index is 12.7. The Morgan fingerprint density at radius 3 is 2.96 bits per heavy atom. The Bertz CT molecular complexity index is 1020. The Morgan fingerprint density at radius 1 is 1.36 bits per heavy atom. The Hall–Kier alpha value is -2.21. The van der Waals surface area contributed by atoms with Gasteiger partial charge in [0.2, 0.25) is 0 Å². The summed E-state index contributed by atoms with van der Waals surface area (Å²) in [6, 6.07) is 5.68. The highest BCUT2D eigenvalue weighted by atomic mass is 32.1. The summed E-state index contributed by atoms with van der Waals surface area (Å²) in [5.74, 6) is 0.410. The predicted molar refractivity (Wildman–Crippen MR) is 100 cm³/mol. The lowest BCUT2D eigenvalue weighted by Gasteiger charge is -2.29. The van der Waals surface area contributed by atoms with E-state index in [1.165, 1.54) is 17.8 Å². The fraction of sp³-hybridized carbons (Fsp3) is 0.421. The number of amides is 1. The van der Waals surface area contributed by atoms with E-state index in [1.54, 1.807) is 16.7 Å². The molecule has 3 aromatic heterocycles. The molecule has 0 radical (unpaired) electrons. The fourth-order valence-corrected chi connectivity index (χ4v) is 4.57. The molecule has 0 spiro atoms. The van der Waals surface area contributed by atoms with Gasteiger partial charge in [0.05, 0.1) is 10.3 Å². The number of aryl methyl sites for hydroxylation is 1. The monoisotopic (exact) mass is 355 g/mol.